The molecule has 0 aliphatic rings. The topological polar surface area (TPSA) is 38.3 Å². The van der Waals surface area contributed by atoms with Crippen molar-refractivity contribution in [1.82, 2.24) is 0 Å². The van der Waals surface area contributed by atoms with Crippen LogP contribution in [0.1, 0.15) is 20.8 Å². The maximum absolute atomic E-state index is 13.6. The first-order valence-corrected chi connectivity index (χ1v) is 6.24. The first kappa shape index (κ1) is 14.8. The largest absolute Gasteiger partial charge is 0.491 e. The van der Waals surface area contributed by atoms with E-state index >= 15 is 0 Å². The van der Waals surface area contributed by atoms with Crippen LogP contribution in [0, 0.1) is 11.2 Å². The van der Waals surface area contributed by atoms with E-state index in [0.717, 1.165) is 0 Å². The van der Waals surface area contributed by atoms with Gasteiger partial charge in [0.15, 0.2) is 11.6 Å². The molecule has 0 radical (unpaired) electrons. The van der Waals surface area contributed by atoms with Gasteiger partial charge in [-0.05, 0) is 32.9 Å². The van der Waals surface area contributed by atoms with E-state index in [-0.39, 0.29) is 17.5 Å². The number of hydrogen-bond acceptors (Lipinski definition) is 2. The Bertz CT molecular complexity index is 435. The van der Waals surface area contributed by atoms with Crippen LogP contribution in [0.3, 0.4) is 0 Å². The highest BCUT2D eigenvalue weighted by Gasteiger charge is 2.26. The number of anilines is 1. The lowest BCUT2D eigenvalue weighted by molar-refractivity contribution is -0.122. The van der Waals surface area contributed by atoms with E-state index in [1.165, 1.54) is 12.1 Å². The van der Waals surface area contributed by atoms with Gasteiger partial charge >= 0.3 is 0 Å². The van der Waals surface area contributed by atoms with Gasteiger partial charge < -0.3 is 10.1 Å². The van der Waals surface area contributed by atoms with Crippen LogP contribution in [0.5, 0.6) is 5.75 Å². The lowest BCUT2D eigenvalue weighted by Gasteiger charge is -2.20. The molecule has 1 N–H and O–H groups in total. The van der Waals surface area contributed by atoms with Crippen LogP contribution in [0.15, 0.2) is 18.2 Å². The summed E-state index contributed by atoms with van der Waals surface area (Å²) < 4.78 is 18.6. The van der Waals surface area contributed by atoms with E-state index in [1.807, 2.05) is 0 Å². The molecule has 0 heterocycles. The van der Waals surface area contributed by atoms with Crippen LogP contribution in [-0.4, -0.2) is 18.4 Å². The first-order valence-electron chi connectivity index (χ1n) is 5.70. The third kappa shape index (κ3) is 3.60. The van der Waals surface area contributed by atoms with Gasteiger partial charge in [0.1, 0.15) is 0 Å². The van der Waals surface area contributed by atoms with Crippen LogP contribution in [0.4, 0.5) is 10.1 Å². The van der Waals surface area contributed by atoms with Gasteiger partial charge in [0, 0.05) is 17.6 Å². The van der Waals surface area contributed by atoms with E-state index in [2.05, 4.69) is 5.32 Å². The molecule has 0 aliphatic carbocycles. The van der Waals surface area contributed by atoms with Crippen LogP contribution in [0.2, 0.25) is 0 Å². The molecule has 1 rings (SSSR count). The minimum absolute atomic E-state index is 0.173. The molecular formula is C13H17ClFNO2. The predicted octanol–water partition coefficient (Wildman–Crippen LogP) is 3.43. The van der Waals surface area contributed by atoms with Gasteiger partial charge in [-0.3, -0.25) is 4.79 Å². The number of ether oxygens (including phenoxy) is 1. The second kappa shape index (κ2) is 6.05. The van der Waals surface area contributed by atoms with E-state index in [0.29, 0.717) is 12.3 Å². The zero-order valence-electron chi connectivity index (χ0n) is 10.7. The van der Waals surface area contributed by atoms with Crippen LogP contribution < -0.4 is 10.1 Å². The Morgan fingerprint density at radius 1 is 1.50 bits per heavy atom. The molecule has 1 amide bonds. The van der Waals surface area contributed by atoms with Crippen molar-refractivity contribution in [2.24, 2.45) is 5.41 Å². The zero-order valence-corrected chi connectivity index (χ0v) is 11.5. The predicted molar refractivity (Wildman–Crippen MR) is 70.7 cm³/mol. The average molecular weight is 274 g/mol. The van der Waals surface area contributed by atoms with Gasteiger partial charge in [-0.25, -0.2) is 4.39 Å². The molecule has 0 fully saturated rings. The van der Waals surface area contributed by atoms with Crippen LogP contribution in [0.25, 0.3) is 0 Å². The van der Waals surface area contributed by atoms with Crippen molar-refractivity contribution in [3.05, 3.63) is 24.0 Å². The SMILES string of the molecule is CCOc1ccc(NC(=O)C(C)(C)CCl)cc1F. The second-order valence-corrected chi connectivity index (χ2v) is 4.82. The molecule has 0 saturated heterocycles. The molecule has 0 bridgehead atoms. The molecule has 1 aromatic rings. The number of benzene rings is 1. The number of halogens is 2. The average Bonchev–Trinajstić information content (AvgIpc) is 2.32. The number of nitrogens with one attached hydrogen (secondary N) is 1. The lowest BCUT2D eigenvalue weighted by atomic mass is 9.95. The van der Waals surface area contributed by atoms with Crippen LogP contribution >= 0.6 is 11.6 Å². The summed E-state index contributed by atoms with van der Waals surface area (Å²) in [6.07, 6.45) is 0. The Labute approximate surface area is 111 Å². The van der Waals surface area contributed by atoms with E-state index in [1.54, 1.807) is 26.8 Å². The van der Waals surface area contributed by atoms with Gasteiger partial charge in [-0.1, -0.05) is 0 Å². The fourth-order valence-electron chi connectivity index (χ4n) is 1.21. The molecule has 0 aromatic heterocycles. The zero-order chi connectivity index (χ0) is 13.8. The Balaban J connectivity index is 2.81. The summed E-state index contributed by atoms with van der Waals surface area (Å²) in [5.74, 6) is -0.385. The highest BCUT2D eigenvalue weighted by molar-refractivity contribution is 6.20. The molecule has 1 aromatic carbocycles. The molecule has 0 aliphatic heterocycles. The summed E-state index contributed by atoms with van der Waals surface area (Å²) in [4.78, 5) is 11.8. The van der Waals surface area contributed by atoms with Gasteiger partial charge in [0.2, 0.25) is 5.91 Å². The summed E-state index contributed by atoms with van der Waals surface area (Å²) in [5, 5.41) is 2.62. The number of alkyl halides is 1. The van der Waals surface area contributed by atoms with Crippen molar-refractivity contribution in [3.63, 3.8) is 0 Å². The minimum atomic E-state index is -0.698. The summed E-state index contributed by atoms with van der Waals surface area (Å²) in [5.41, 5.74) is -0.310. The van der Waals surface area contributed by atoms with Crippen molar-refractivity contribution in [2.75, 3.05) is 17.8 Å². The number of rotatable bonds is 5. The summed E-state index contributed by atoms with van der Waals surface area (Å²) in [6, 6.07) is 4.31. The smallest absolute Gasteiger partial charge is 0.231 e. The Kier molecular flexibility index (Phi) is 4.96. The van der Waals surface area contributed by atoms with Crippen LogP contribution in [-0.2, 0) is 4.79 Å². The number of carbonyl (C=O) groups is 1. The summed E-state index contributed by atoms with van der Waals surface area (Å²) >= 11 is 5.70. The Morgan fingerprint density at radius 2 is 2.17 bits per heavy atom. The van der Waals surface area contributed by atoms with Crippen molar-refractivity contribution in [1.29, 1.82) is 0 Å². The molecule has 100 valence electrons. The highest BCUT2D eigenvalue weighted by atomic mass is 35.5. The molecule has 3 nitrogen and oxygen atoms in total. The minimum Gasteiger partial charge on any atom is -0.491 e. The second-order valence-electron chi connectivity index (χ2n) is 4.55. The normalized spacial score (nSPS) is 11.2. The first-order chi connectivity index (χ1) is 8.40. The van der Waals surface area contributed by atoms with Gasteiger partial charge in [0.05, 0.1) is 12.0 Å². The summed E-state index contributed by atoms with van der Waals surface area (Å²) in [7, 11) is 0. The molecule has 0 spiro atoms. The quantitative estimate of drug-likeness (QED) is 0.835. The van der Waals surface area contributed by atoms with Gasteiger partial charge in [-0.2, -0.15) is 0 Å². The number of amides is 1. The Hall–Kier alpha value is -1.29. The fraction of sp³-hybridized carbons (Fsp3) is 0.462. The van der Waals surface area contributed by atoms with E-state index in [9.17, 15) is 9.18 Å². The van der Waals surface area contributed by atoms with Gasteiger partial charge in [0.25, 0.3) is 0 Å². The fourth-order valence-corrected chi connectivity index (χ4v) is 1.33. The maximum Gasteiger partial charge on any atom is 0.231 e. The molecule has 0 saturated carbocycles. The molecule has 5 heteroatoms. The standard InChI is InChI=1S/C13H17ClFNO2/c1-4-18-11-6-5-9(7-10(11)15)16-12(17)13(2,3)8-14/h5-7H,4,8H2,1-3H3,(H,16,17). The van der Waals surface area contributed by atoms with Crippen molar-refractivity contribution >= 4 is 23.2 Å². The Morgan fingerprint density at radius 3 is 2.67 bits per heavy atom. The maximum atomic E-state index is 13.6. The van der Waals surface area contributed by atoms with Crippen molar-refractivity contribution < 1.29 is 13.9 Å². The van der Waals surface area contributed by atoms with Crippen molar-refractivity contribution in [3.8, 4) is 5.75 Å². The molecule has 0 atom stereocenters. The molecule has 0 unspecified atom stereocenters. The molecular weight excluding hydrogens is 257 g/mol. The third-order valence-electron chi connectivity index (χ3n) is 2.44. The molecule has 18 heavy (non-hydrogen) atoms. The monoisotopic (exact) mass is 273 g/mol. The van der Waals surface area contributed by atoms with E-state index < -0.39 is 11.2 Å². The third-order valence-corrected chi connectivity index (χ3v) is 3.11. The number of carbonyl (C=O) groups excluding carboxylic acids is 1. The summed E-state index contributed by atoms with van der Waals surface area (Å²) in [6.45, 7) is 5.61. The van der Waals surface area contributed by atoms with E-state index in [4.69, 9.17) is 16.3 Å². The number of hydrogen-bond donors (Lipinski definition) is 1. The van der Waals surface area contributed by atoms with Crippen molar-refractivity contribution in [2.45, 2.75) is 20.8 Å². The van der Waals surface area contributed by atoms with Gasteiger partial charge in [-0.15, -0.1) is 11.6 Å². The highest BCUT2D eigenvalue weighted by Crippen LogP contribution is 2.24. The lowest BCUT2D eigenvalue weighted by Crippen LogP contribution is -2.32.